The Morgan fingerprint density at radius 3 is 2.72 bits per heavy atom. The smallest absolute Gasteiger partial charge is 0.191 e. The molecule has 2 rings (SSSR count). The van der Waals surface area contributed by atoms with E-state index in [1.165, 1.54) is 11.6 Å². The second-order valence-electron chi connectivity index (χ2n) is 5.46. The van der Waals surface area contributed by atoms with E-state index < -0.39 is 0 Å². The highest BCUT2D eigenvalue weighted by molar-refractivity contribution is 14.0. The second-order valence-corrected chi connectivity index (χ2v) is 6.24. The maximum absolute atomic E-state index is 13.9. The molecule has 138 valence electrons. The number of halogens is 2. The van der Waals surface area contributed by atoms with Crippen molar-refractivity contribution in [1.82, 2.24) is 10.6 Å². The lowest BCUT2D eigenvalue weighted by Gasteiger charge is -2.15. The summed E-state index contributed by atoms with van der Waals surface area (Å²) in [5.41, 5.74) is 2.15. The lowest BCUT2D eigenvalue weighted by molar-refractivity contribution is 0.321. The Kier molecular flexibility index (Phi) is 9.81. The molecule has 1 heterocycles. The highest BCUT2D eigenvalue weighted by Crippen LogP contribution is 2.18. The molecule has 0 saturated carbocycles. The van der Waals surface area contributed by atoms with Gasteiger partial charge < -0.3 is 15.4 Å². The van der Waals surface area contributed by atoms with Crippen LogP contribution in [0.2, 0.25) is 0 Å². The van der Waals surface area contributed by atoms with Crippen LogP contribution in [0, 0.1) is 5.82 Å². The number of ether oxygens (including phenoxy) is 1. The van der Waals surface area contributed by atoms with Crippen molar-refractivity contribution in [3.63, 3.8) is 0 Å². The molecular formula is C18H25FIN3OS. The summed E-state index contributed by atoms with van der Waals surface area (Å²) in [5, 5.41) is 10.7. The molecule has 2 N–H and O–H groups in total. The van der Waals surface area contributed by atoms with Crippen molar-refractivity contribution >= 4 is 41.3 Å². The van der Waals surface area contributed by atoms with Gasteiger partial charge in [-0.3, -0.25) is 4.99 Å². The van der Waals surface area contributed by atoms with Crippen LogP contribution in [0.25, 0.3) is 0 Å². The molecule has 0 bridgehead atoms. The van der Waals surface area contributed by atoms with E-state index in [0.717, 1.165) is 12.1 Å². The summed E-state index contributed by atoms with van der Waals surface area (Å²) in [6.45, 7) is 5.74. The lowest BCUT2D eigenvalue weighted by atomic mass is 10.1. The first-order valence-electron chi connectivity index (χ1n) is 8.01. The maximum Gasteiger partial charge on any atom is 0.191 e. The van der Waals surface area contributed by atoms with E-state index in [9.17, 15) is 4.39 Å². The summed E-state index contributed by atoms with van der Waals surface area (Å²) in [7, 11) is 1.73. The number of hydrogen-bond donors (Lipinski definition) is 2. The molecule has 1 unspecified atom stereocenters. The average molecular weight is 477 g/mol. The monoisotopic (exact) mass is 477 g/mol. The largest absolute Gasteiger partial charge is 0.491 e. The van der Waals surface area contributed by atoms with Crippen molar-refractivity contribution in [3.8, 4) is 5.75 Å². The first-order chi connectivity index (χ1) is 11.6. The van der Waals surface area contributed by atoms with Crippen LogP contribution in [-0.4, -0.2) is 26.2 Å². The molecule has 4 nitrogen and oxygen atoms in total. The Morgan fingerprint density at radius 2 is 2.12 bits per heavy atom. The van der Waals surface area contributed by atoms with Crippen molar-refractivity contribution < 1.29 is 9.13 Å². The molecule has 1 aromatic heterocycles. The average Bonchev–Trinajstić information content (AvgIpc) is 3.12. The molecule has 0 radical (unpaired) electrons. The van der Waals surface area contributed by atoms with Crippen LogP contribution in [0.3, 0.4) is 0 Å². The number of hydrogen-bond acceptors (Lipinski definition) is 3. The molecule has 0 fully saturated rings. The van der Waals surface area contributed by atoms with Gasteiger partial charge in [0.15, 0.2) is 17.5 Å². The molecule has 7 heteroatoms. The number of benzene rings is 1. The maximum atomic E-state index is 13.9. The van der Waals surface area contributed by atoms with Crippen molar-refractivity contribution in [2.24, 2.45) is 4.99 Å². The van der Waals surface area contributed by atoms with E-state index in [1.54, 1.807) is 24.5 Å². The van der Waals surface area contributed by atoms with Crippen molar-refractivity contribution in [1.29, 1.82) is 0 Å². The molecular weight excluding hydrogens is 452 g/mol. The number of nitrogens with zero attached hydrogens (tertiary/aromatic N) is 1. The van der Waals surface area contributed by atoms with Gasteiger partial charge in [-0.05, 0) is 52.9 Å². The summed E-state index contributed by atoms with van der Waals surface area (Å²) >= 11 is 1.70. The second kappa shape index (κ2) is 11.3. The van der Waals surface area contributed by atoms with Gasteiger partial charge in [-0.15, -0.1) is 24.0 Å². The predicted molar refractivity (Wildman–Crippen MR) is 114 cm³/mol. The third-order valence-corrected chi connectivity index (χ3v) is 4.37. The van der Waals surface area contributed by atoms with Gasteiger partial charge in [0.2, 0.25) is 0 Å². The van der Waals surface area contributed by atoms with Crippen LogP contribution in [-0.2, 0) is 6.54 Å². The van der Waals surface area contributed by atoms with Crippen LogP contribution in [0.4, 0.5) is 4.39 Å². The van der Waals surface area contributed by atoms with E-state index in [0.29, 0.717) is 25.0 Å². The van der Waals surface area contributed by atoms with E-state index >= 15 is 0 Å². The topological polar surface area (TPSA) is 45.6 Å². The van der Waals surface area contributed by atoms with Crippen molar-refractivity contribution in [3.05, 3.63) is 52.0 Å². The molecule has 25 heavy (non-hydrogen) atoms. The van der Waals surface area contributed by atoms with Gasteiger partial charge in [0.1, 0.15) is 0 Å². The molecule has 1 atom stereocenters. The van der Waals surface area contributed by atoms with Gasteiger partial charge in [-0.1, -0.05) is 13.0 Å². The Balaban J connectivity index is 0.00000312. The fourth-order valence-electron chi connectivity index (χ4n) is 2.26. The zero-order valence-electron chi connectivity index (χ0n) is 14.7. The van der Waals surface area contributed by atoms with Gasteiger partial charge in [-0.25, -0.2) is 4.39 Å². The Morgan fingerprint density at radius 1 is 1.32 bits per heavy atom. The van der Waals surface area contributed by atoms with Crippen LogP contribution in [0.5, 0.6) is 5.75 Å². The zero-order valence-corrected chi connectivity index (χ0v) is 17.9. The molecule has 2 aromatic rings. The summed E-state index contributed by atoms with van der Waals surface area (Å²) in [6.07, 6.45) is 0. The van der Waals surface area contributed by atoms with E-state index in [4.69, 9.17) is 4.74 Å². The van der Waals surface area contributed by atoms with Crippen LogP contribution in [0.15, 0.2) is 40.0 Å². The molecule has 0 aliphatic carbocycles. The van der Waals surface area contributed by atoms with Gasteiger partial charge in [0.25, 0.3) is 0 Å². The first-order valence-corrected chi connectivity index (χ1v) is 8.96. The molecule has 0 spiro atoms. The summed E-state index contributed by atoms with van der Waals surface area (Å²) in [6, 6.07) is 7.13. The normalized spacial score (nSPS) is 12.2. The molecule has 0 amide bonds. The number of nitrogens with one attached hydrogen (secondary N) is 2. The quantitative estimate of drug-likeness (QED) is 0.354. The van der Waals surface area contributed by atoms with Gasteiger partial charge in [0, 0.05) is 20.1 Å². The fourth-order valence-corrected chi connectivity index (χ4v) is 3.04. The number of rotatable bonds is 7. The fraction of sp³-hybridized carbons (Fsp3) is 0.389. The van der Waals surface area contributed by atoms with E-state index in [-0.39, 0.29) is 35.5 Å². The highest BCUT2D eigenvalue weighted by Gasteiger charge is 2.08. The third-order valence-electron chi connectivity index (χ3n) is 3.67. The van der Waals surface area contributed by atoms with Gasteiger partial charge >= 0.3 is 0 Å². The van der Waals surface area contributed by atoms with Crippen molar-refractivity contribution in [2.45, 2.75) is 26.3 Å². The van der Waals surface area contributed by atoms with Crippen molar-refractivity contribution in [2.75, 3.05) is 20.2 Å². The Labute approximate surface area is 169 Å². The minimum Gasteiger partial charge on any atom is -0.491 e. The highest BCUT2D eigenvalue weighted by atomic mass is 127. The number of thiophene rings is 1. The van der Waals surface area contributed by atoms with Gasteiger partial charge in [0.05, 0.1) is 6.61 Å². The third kappa shape index (κ3) is 6.81. The van der Waals surface area contributed by atoms with E-state index in [2.05, 4.69) is 39.4 Å². The molecule has 0 saturated heterocycles. The van der Waals surface area contributed by atoms with Crippen LogP contribution < -0.4 is 15.4 Å². The SMILES string of the molecule is CCOc1ccc(CNC(=NC)NCC(C)c2ccsc2)cc1F.I. The van der Waals surface area contributed by atoms with Crippen LogP contribution >= 0.6 is 35.3 Å². The summed E-state index contributed by atoms with van der Waals surface area (Å²) in [5.74, 6) is 1.04. The van der Waals surface area contributed by atoms with E-state index in [1.807, 2.05) is 13.0 Å². The van der Waals surface area contributed by atoms with Gasteiger partial charge in [-0.2, -0.15) is 11.3 Å². The van der Waals surface area contributed by atoms with Crippen LogP contribution in [0.1, 0.15) is 30.9 Å². The number of aliphatic imine (C=N–C) groups is 1. The minimum absolute atomic E-state index is 0. The first kappa shape index (κ1) is 21.7. The minimum atomic E-state index is -0.342. The Bertz CT molecular complexity index is 664. The molecule has 0 aliphatic rings. The summed E-state index contributed by atoms with van der Waals surface area (Å²) in [4.78, 5) is 4.20. The standard InChI is InChI=1S/C18H24FN3OS.HI/c1-4-23-17-6-5-14(9-16(17)19)11-22-18(20-3)21-10-13(2)15-7-8-24-12-15;/h5-9,12-13H,4,10-11H2,1-3H3,(H2,20,21,22);1H. The molecule has 1 aromatic carbocycles. The molecule has 0 aliphatic heterocycles. The zero-order chi connectivity index (χ0) is 17.4. The Hall–Kier alpha value is -1.35. The predicted octanol–water partition coefficient (Wildman–Crippen LogP) is 4.37. The summed E-state index contributed by atoms with van der Waals surface area (Å²) < 4.78 is 19.1. The number of guanidine groups is 1. The lowest BCUT2D eigenvalue weighted by Crippen LogP contribution is -2.38.